The van der Waals surface area contributed by atoms with Crippen LogP contribution in [0.4, 0.5) is 0 Å². The molecule has 0 bridgehead atoms. The Kier molecular flexibility index (Phi) is 6.18. The Bertz CT molecular complexity index is 511. The summed E-state index contributed by atoms with van der Waals surface area (Å²) in [6.07, 6.45) is 1.90. The van der Waals surface area contributed by atoms with Gasteiger partial charge >= 0.3 is 0 Å². The van der Waals surface area contributed by atoms with E-state index in [-0.39, 0.29) is 0 Å². The van der Waals surface area contributed by atoms with E-state index in [1.54, 1.807) is 0 Å². The van der Waals surface area contributed by atoms with Crippen molar-refractivity contribution in [2.24, 2.45) is 0 Å². The fourth-order valence-corrected chi connectivity index (χ4v) is 2.03. The van der Waals surface area contributed by atoms with Gasteiger partial charge in [-0.15, -0.1) is 0 Å². The molecular weight excluding hydrogens is 316 g/mol. The van der Waals surface area contributed by atoms with Crippen molar-refractivity contribution >= 4 is 15.9 Å². The Morgan fingerprint density at radius 3 is 2.45 bits per heavy atom. The summed E-state index contributed by atoms with van der Waals surface area (Å²) in [6.45, 7) is 5.07. The molecule has 0 aliphatic carbocycles. The molecule has 0 aliphatic rings. The van der Waals surface area contributed by atoms with Crippen LogP contribution in [-0.2, 0) is 24.5 Å². The Hall–Kier alpha value is -1.23. The third-order valence-electron chi connectivity index (χ3n) is 2.90. The van der Waals surface area contributed by atoms with Crippen LogP contribution in [0.2, 0.25) is 0 Å². The fraction of sp³-hybridized carbons (Fsp3) is 0.312. The van der Waals surface area contributed by atoms with Crippen molar-refractivity contribution < 1.29 is 4.74 Å². The standard InChI is InChI=1S/C16H19BrN2O/c1-2-18-9-14-5-8-16(19-10-14)12-20-11-13-3-6-15(17)7-4-13/h3-8,10,18H,2,9,11-12H2,1H3. The van der Waals surface area contributed by atoms with E-state index in [0.717, 1.165) is 28.8 Å². The molecule has 1 N–H and O–H groups in total. The number of benzene rings is 1. The number of pyridine rings is 1. The third kappa shape index (κ3) is 5.04. The topological polar surface area (TPSA) is 34.1 Å². The Morgan fingerprint density at radius 1 is 1.05 bits per heavy atom. The zero-order valence-corrected chi connectivity index (χ0v) is 13.2. The van der Waals surface area contributed by atoms with Gasteiger partial charge in [-0.05, 0) is 35.9 Å². The number of aromatic nitrogens is 1. The van der Waals surface area contributed by atoms with E-state index in [0.29, 0.717) is 13.2 Å². The first-order valence-electron chi connectivity index (χ1n) is 6.74. The van der Waals surface area contributed by atoms with Gasteiger partial charge in [-0.3, -0.25) is 4.98 Å². The predicted octanol–water partition coefficient (Wildman–Crippen LogP) is 3.67. The second-order valence-corrected chi connectivity index (χ2v) is 5.47. The molecule has 20 heavy (non-hydrogen) atoms. The summed E-state index contributed by atoms with van der Waals surface area (Å²) in [4.78, 5) is 4.40. The molecule has 0 amide bonds. The minimum atomic E-state index is 0.539. The molecule has 0 radical (unpaired) electrons. The molecule has 106 valence electrons. The molecule has 1 aromatic heterocycles. The Labute approximate surface area is 128 Å². The molecule has 0 atom stereocenters. The first-order chi connectivity index (χ1) is 9.78. The Morgan fingerprint density at radius 2 is 1.80 bits per heavy atom. The smallest absolute Gasteiger partial charge is 0.0892 e. The number of nitrogens with one attached hydrogen (secondary N) is 1. The molecule has 0 spiro atoms. The molecule has 4 heteroatoms. The monoisotopic (exact) mass is 334 g/mol. The molecule has 1 aromatic carbocycles. The molecule has 0 saturated carbocycles. The lowest BCUT2D eigenvalue weighted by molar-refractivity contribution is 0.104. The number of halogens is 1. The van der Waals surface area contributed by atoms with Gasteiger partial charge in [0.15, 0.2) is 0 Å². The highest BCUT2D eigenvalue weighted by Gasteiger charge is 1.98. The number of ether oxygens (including phenoxy) is 1. The van der Waals surface area contributed by atoms with E-state index >= 15 is 0 Å². The predicted molar refractivity (Wildman–Crippen MR) is 84.3 cm³/mol. The molecule has 0 unspecified atom stereocenters. The van der Waals surface area contributed by atoms with Crippen molar-refractivity contribution in [1.29, 1.82) is 0 Å². The SMILES string of the molecule is CCNCc1ccc(COCc2ccc(Br)cc2)nc1. The van der Waals surface area contributed by atoms with Crippen LogP contribution in [0.15, 0.2) is 47.1 Å². The number of hydrogen-bond acceptors (Lipinski definition) is 3. The highest BCUT2D eigenvalue weighted by atomic mass is 79.9. The van der Waals surface area contributed by atoms with Crippen molar-refractivity contribution in [1.82, 2.24) is 10.3 Å². The summed E-state index contributed by atoms with van der Waals surface area (Å²) in [6, 6.07) is 12.3. The van der Waals surface area contributed by atoms with Crippen LogP contribution in [0, 0.1) is 0 Å². The molecule has 0 saturated heterocycles. The van der Waals surface area contributed by atoms with Gasteiger partial charge in [-0.1, -0.05) is 41.1 Å². The normalized spacial score (nSPS) is 10.7. The van der Waals surface area contributed by atoms with E-state index in [9.17, 15) is 0 Å². The summed E-state index contributed by atoms with van der Waals surface area (Å²) < 4.78 is 6.76. The summed E-state index contributed by atoms with van der Waals surface area (Å²) in [5.74, 6) is 0. The van der Waals surface area contributed by atoms with Gasteiger partial charge in [-0.2, -0.15) is 0 Å². The fourth-order valence-electron chi connectivity index (χ4n) is 1.77. The second-order valence-electron chi connectivity index (χ2n) is 4.56. The van der Waals surface area contributed by atoms with Crippen molar-refractivity contribution in [2.45, 2.75) is 26.7 Å². The van der Waals surface area contributed by atoms with Gasteiger partial charge in [0.1, 0.15) is 0 Å². The quantitative estimate of drug-likeness (QED) is 0.838. The Balaban J connectivity index is 1.77. The van der Waals surface area contributed by atoms with Crippen LogP contribution in [-0.4, -0.2) is 11.5 Å². The van der Waals surface area contributed by atoms with Gasteiger partial charge in [0.05, 0.1) is 18.9 Å². The average Bonchev–Trinajstić information content (AvgIpc) is 2.48. The number of rotatable bonds is 7. The highest BCUT2D eigenvalue weighted by molar-refractivity contribution is 9.10. The molecular formula is C16H19BrN2O. The summed E-state index contributed by atoms with van der Waals surface area (Å²) >= 11 is 3.42. The van der Waals surface area contributed by atoms with E-state index in [1.807, 2.05) is 24.4 Å². The first-order valence-corrected chi connectivity index (χ1v) is 7.54. The number of hydrogen-bond donors (Lipinski definition) is 1. The summed E-state index contributed by atoms with van der Waals surface area (Å²) in [5, 5.41) is 3.28. The van der Waals surface area contributed by atoms with Gasteiger partial charge in [0.2, 0.25) is 0 Å². The summed E-state index contributed by atoms with van der Waals surface area (Å²) in [5.41, 5.74) is 3.32. The lowest BCUT2D eigenvalue weighted by atomic mass is 10.2. The van der Waals surface area contributed by atoms with Gasteiger partial charge in [0.25, 0.3) is 0 Å². The van der Waals surface area contributed by atoms with Crippen LogP contribution in [0.1, 0.15) is 23.7 Å². The lowest BCUT2D eigenvalue weighted by Gasteiger charge is -2.06. The van der Waals surface area contributed by atoms with Crippen LogP contribution >= 0.6 is 15.9 Å². The largest absolute Gasteiger partial charge is 0.370 e. The zero-order valence-electron chi connectivity index (χ0n) is 11.6. The molecule has 3 nitrogen and oxygen atoms in total. The van der Waals surface area contributed by atoms with E-state index in [2.05, 4.69) is 51.4 Å². The maximum Gasteiger partial charge on any atom is 0.0892 e. The average molecular weight is 335 g/mol. The second kappa shape index (κ2) is 8.15. The van der Waals surface area contributed by atoms with Gasteiger partial charge in [-0.25, -0.2) is 0 Å². The molecule has 2 aromatic rings. The van der Waals surface area contributed by atoms with Gasteiger partial charge < -0.3 is 10.1 Å². The van der Waals surface area contributed by atoms with Gasteiger partial charge in [0, 0.05) is 17.2 Å². The van der Waals surface area contributed by atoms with Crippen LogP contribution in [0.3, 0.4) is 0 Å². The number of nitrogens with zero attached hydrogens (tertiary/aromatic N) is 1. The van der Waals surface area contributed by atoms with Crippen molar-refractivity contribution in [2.75, 3.05) is 6.54 Å². The minimum absolute atomic E-state index is 0.539. The van der Waals surface area contributed by atoms with E-state index in [1.165, 1.54) is 5.56 Å². The van der Waals surface area contributed by atoms with Crippen LogP contribution in [0.25, 0.3) is 0 Å². The maximum absolute atomic E-state index is 5.67. The highest BCUT2D eigenvalue weighted by Crippen LogP contribution is 2.11. The molecule has 0 fully saturated rings. The van der Waals surface area contributed by atoms with E-state index < -0.39 is 0 Å². The first kappa shape index (κ1) is 15.2. The van der Waals surface area contributed by atoms with Crippen molar-refractivity contribution in [3.05, 3.63) is 63.9 Å². The molecule has 1 heterocycles. The zero-order chi connectivity index (χ0) is 14.2. The molecule has 2 rings (SSSR count). The maximum atomic E-state index is 5.67. The summed E-state index contributed by atoms with van der Waals surface area (Å²) in [7, 11) is 0. The van der Waals surface area contributed by atoms with Crippen LogP contribution in [0.5, 0.6) is 0 Å². The van der Waals surface area contributed by atoms with E-state index in [4.69, 9.17) is 4.74 Å². The molecule has 0 aliphatic heterocycles. The minimum Gasteiger partial charge on any atom is -0.370 e. The van der Waals surface area contributed by atoms with Crippen molar-refractivity contribution in [3.63, 3.8) is 0 Å². The third-order valence-corrected chi connectivity index (χ3v) is 3.43. The lowest BCUT2D eigenvalue weighted by Crippen LogP contribution is -2.12. The van der Waals surface area contributed by atoms with Crippen LogP contribution < -0.4 is 5.32 Å². The van der Waals surface area contributed by atoms with Crippen molar-refractivity contribution in [3.8, 4) is 0 Å².